The number of aromatic nitrogens is 1. The number of hydrogen-bond donors (Lipinski definition) is 1. The van der Waals surface area contributed by atoms with Crippen LogP contribution in [0.15, 0.2) is 28.9 Å². The van der Waals surface area contributed by atoms with Crippen molar-refractivity contribution in [3.05, 3.63) is 34.4 Å². The van der Waals surface area contributed by atoms with Crippen molar-refractivity contribution >= 4 is 32.8 Å². The van der Waals surface area contributed by atoms with Crippen LogP contribution in [0.5, 0.6) is 5.75 Å². The van der Waals surface area contributed by atoms with Gasteiger partial charge in [-0.3, -0.25) is 4.98 Å². The van der Waals surface area contributed by atoms with E-state index < -0.39 is 5.97 Å². The number of ether oxygens (including phenoxy) is 1. The number of rotatable bonds is 1. The third-order valence-corrected chi connectivity index (χ3v) is 2.75. The molecule has 0 atom stereocenters. The highest BCUT2D eigenvalue weighted by Crippen LogP contribution is 2.27. The largest absolute Gasteiger partial charge is 0.508 e. The summed E-state index contributed by atoms with van der Waals surface area (Å²) in [5, 5.41) is 10.1. The summed E-state index contributed by atoms with van der Waals surface area (Å²) < 4.78 is 5.27. The maximum Gasteiger partial charge on any atom is 0.339 e. The Kier molecular flexibility index (Phi) is 2.78. The van der Waals surface area contributed by atoms with E-state index in [-0.39, 0.29) is 5.75 Å². The second-order valence-corrected chi connectivity index (χ2v) is 4.07. The minimum atomic E-state index is -0.450. The number of fused-ring (bicyclic) bond motifs is 1. The minimum absolute atomic E-state index is 0.114. The molecule has 1 aromatic carbocycles. The summed E-state index contributed by atoms with van der Waals surface area (Å²) >= 11 is 3.29. The van der Waals surface area contributed by atoms with E-state index in [9.17, 15) is 9.90 Å². The summed E-state index contributed by atoms with van der Waals surface area (Å²) in [6.07, 6.45) is 1.44. The molecule has 0 unspecified atom stereocenters. The standard InChI is InChI=1S/C11H8BrNO3/c1-16-11(15)7-2-6-3-8(14)4-9(12)10(6)13-5-7/h2-5,14H,1H3. The number of aromatic hydroxyl groups is 1. The molecule has 1 N–H and O–H groups in total. The van der Waals surface area contributed by atoms with Crippen LogP contribution in [0, 0.1) is 0 Å². The van der Waals surface area contributed by atoms with E-state index in [1.165, 1.54) is 13.3 Å². The Morgan fingerprint density at radius 1 is 1.44 bits per heavy atom. The number of phenolic OH excluding ortho intramolecular Hbond substituents is 1. The van der Waals surface area contributed by atoms with E-state index >= 15 is 0 Å². The summed E-state index contributed by atoms with van der Waals surface area (Å²) in [5.74, 6) is -0.336. The smallest absolute Gasteiger partial charge is 0.339 e. The number of methoxy groups -OCH3 is 1. The molecule has 1 aromatic heterocycles. The van der Waals surface area contributed by atoms with Crippen molar-refractivity contribution in [1.82, 2.24) is 4.98 Å². The van der Waals surface area contributed by atoms with Crippen molar-refractivity contribution in [1.29, 1.82) is 0 Å². The summed E-state index contributed by atoms with van der Waals surface area (Å²) in [6.45, 7) is 0. The molecule has 16 heavy (non-hydrogen) atoms. The lowest BCUT2D eigenvalue weighted by Gasteiger charge is -2.03. The van der Waals surface area contributed by atoms with Crippen LogP contribution in [0.3, 0.4) is 0 Å². The van der Waals surface area contributed by atoms with Crippen LogP contribution in [0.4, 0.5) is 0 Å². The van der Waals surface area contributed by atoms with Gasteiger partial charge in [-0.2, -0.15) is 0 Å². The third-order valence-electron chi connectivity index (χ3n) is 2.14. The number of halogens is 1. The van der Waals surface area contributed by atoms with Crippen molar-refractivity contribution in [3.63, 3.8) is 0 Å². The fraction of sp³-hybridized carbons (Fsp3) is 0.0909. The van der Waals surface area contributed by atoms with Crippen LogP contribution in [-0.2, 0) is 4.74 Å². The quantitative estimate of drug-likeness (QED) is 0.816. The highest BCUT2D eigenvalue weighted by Gasteiger charge is 2.09. The Labute approximate surface area is 100.0 Å². The van der Waals surface area contributed by atoms with E-state index in [1.54, 1.807) is 18.2 Å². The lowest BCUT2D eigenvalue weighted by molar-refractivity contribution is 0.0600. The van der Waals surface area contributed by atoms with Crippen molar-refractivity contribution in [2.75, 3.05) is 7.11 Å². The molecule has 82 valence electrons. The van der Waals surface area contributed by atoms with Gasteiger partial charge in [0, 0.05) is 16.1 Å². The molecule has 5 heteroatoms. The monoisotopic (exact) mass is 281 g/mol. The molecule has 0 amide bonds. The molecule has 1 heterocycles. The minimum Gasteiger partial charge on any atom is -0.508 e. The number of pyridine rings is 1. The molecule has 2 rings (SSSR count). The first kappa shape index (κ1) is 10.9. The van der Waals surface area contributed by atoms with Crippen LogP contribution in [0.25, 0.3) is 10.9 Å². The number of carbonyl (C=O) groups excluding carboxylic acids is 1. The van der Waals surface area contributed by atoms with Gasteiger partial charge in [0.25, 0.3) is 0 Å². The van der Waals surface area contributed by atoms with Gasteiger partial charge in [0.2, 0.25) is 0 Å². The number of hydrogen-bond acceptors (Lipinski definition) is 4. The van der Waals surface area contributed by atoms with Crippen LogP contribution < -0.4 is 0 Å². The molecule has 0 saturated carbocycles. The lowest BCUT2D eigenvalue weighted by Crippen LogP contribution is -2.01. The molecule has 0 saturated heterocycles. The van der Waals surface area contributed by atoms with Crippen molar-refractivity contribution < 1.29 is 14.6 Å². The first-order valence-corrected chi connectivity index (χ1v) is 5.27. The van der Waals surface area contributed by atoms with Gasteiger partial charge in [-0.1, -0.05) is 0 Å². The molecule has 0 bridgehead atoms. The Bertz CT molecular complexity index is 568. The summed E-state index contributed by atoms with van der Waals surface area (Å²) in [4.78, 5) is 15.4. The van der Waals surface area contributed by atoms with Gasteiger partial charge in [0.1, 0.15) is 5.75 Å². The molecule has 0 fully saturated rings. The van der Waals surface area contributed by atoms with Crippen LogP contribution >= 0.6 is 15.9 Å². The van der Waals surface area contributed by atoms with Gasteiger partial charge >= 0.3 is 5.97 Å². The fourth-order valence-corrected chi connectivity index (χ4v) is 1.99. The van der Waals surface area contributed by atoms with Gasteiger partial charge in [-0.25, -0.2) is 4.79 Å². The zero-order valence-electron chi connectivity index (χ0n) is 8.40. The number of carbonyl (C=O) groups is 1. The second kappa shape index (κ2) is 4.09. The Morgan fingerprint density at radius 2 is 2.19 bits per heavy atom. The van der Waals surface area contributed by atoms with E-state index in [1.807, 2.05) is 0 Å². The third kappa shape index (κ3) is 1.86. The number of nitrogens with zero attached hydrogens (tertiary/aromatic N) is 1. The Hall–Kier alpha value is -1.62. The number of esters is 1. The Balaban J connectivity index is 2.66. The first-order chi connectivity index (χ1) is 7.61. The average molecular weight is 282 g/mol. The maximum absolute atomic E-state index is 11.3. The van der Waals surface area contributed by atoms with E-state index in [0.717, 1.165) is 0 Å². The van der Waals surface area contributed by atoms with Crippen molar-refractivity contribution in [2.45, 2.75) is 0 Å². The Morgan fingerprint density at radius 3 is 2.88 bits per heavy atom. The predicted octanol–water partition coefficient (Wildman–Crippen LogP) is 2.49. The van der Waals surface area contributed by atoms with Crippen molar-refractivity contribution in [2.24, 2.45) is 0 Å². The molecule has 2 aromatic rings. The van der Waals surface area contributed by atoms with Crippen LogP contribution in [0.1, 0.15) is 10.4 Å². The summed E-state index contributed by atoms with van der Waals surface area (Å²) in [6, 6.07) is 4.71. The van der Waals surface area contributed by atoms with E-state index in [4.69, 9.17) is 0 Å². The number of phenols is 1. The maximum atomic E-state index is 11.3. The first-order valence-electron chi connectivity index (χ1n) is 4.48. The van der Waals surface area contributed by atoms with Gasteiger partial charge < -0.3 is 9.84 Å². The normalized spacial score (nSPS) is 10.4. The fourth-order valence-electron chi connectivity index (χ4n) is 1.42. The SMILES string of the molecule is COC(=O)c1cnc2c(Br)cc(O)cc2c1. The van der Waals surface area contributed by atoms with Crippen molar-refractivity contribution in [3.8, 4) is 5.75 Å². The van der Waals surface area contributed by atoms with Crippen LogP contribution in [-0.4, -0.2) is 23.2 Å². The second-order valence-electron chi connectivity index (χ2n) is 3.21. The highest BCUT2D eigenvalue weighted by molar-refractivity contribution is 9.10. The van der Waals surface area contributed by atoms with E-state index in [0.29, 0.717) is 20.9 Å². The molecule has 0 radical (unpaired) electrons. The molecule has 0 spiro atoms. The zero-order valence-corrected chi connectivity index (χ0v) is 9.98. The van der Waals surface area contributed by atoms with Gasteiger partial charge in [-0.05, 0) is 34.1 Å². The molecule has 4 nitrogen and oxygen atoms in total. The van der Waals surface area contributed by atoms with Gasteiger partial charge in [-0.15, -0.1) is 0 Å². The molecule has 0 aliphatic rings. The zero-order chi connectivity index (χ0) is 11.7. The topological polar surface area (TPSA) is 59.4 Å². The predicted molar refractivity (Wildman–Crippen MR) is 62.4 cm³/mol. The van der Waals surface area contributed by atoms with Crippen LogP contribution in [0.2, 0.25) is 0 Å². The summed E-state index contributed by atoms with van der Waals surface area (Å²) in [7, 11) is 1.31. The van der Waals surface area contributed by atoms with Gasteiger partial charge in [0.15, 0.2) is 0 Å². The highest BCUT2D eigenvalue weighted by atomic mass is 79.9. The summed E-state index contributed by atoms with van der Waals surface area (Å²) in [5.41, 5.74) is 1.04. The number of benzene rings is 1. The molecule has 0 aliphatic carbocycles. The van der Waals surface area contributed by atoms with E-state index in [2.05, 4.69) is 25.7 Å². The lowest BCUT2D eigenvalue weighted by atomic mass is 10.1. The molecule has 0 aliphatic heterocycles. The molecular weight excluding hydrogens is 274 g/mol. The molecular formula is C11H8BrNO3. The van der Waals surface area contributed by atoms with Gasteiger partial charge in [0.05, 0.1) is 18.2 Å². The average Bonchev–Trinajstić information content (AvgIpc) is 2.27.